The summed E-state index contributed by atoms with van der Waals surface area (Å²) in [5, 5.41) is 22.4. The van der Waals surface area contributed by atoms with Gasteiger partial charge in [0, 0.05) is 54.1 Å². The molecule has 2 unspecified atom stereocenters. The molecule has 4 heteroatoms. The van der Waals surface area contributed by atoms with Crippen molar-refractivity contribution in [1.29, 1.82) is 0 Å². The van der Waals surface area contributed by atoms with Crippen LogP contribution in [0.4, 0.5) is 0 Å². The molecule has 24 heavy (non-hydrogen) atoms. The third-order valence-electron chi connectivity index (χ3n) is 10.1. The predicted molar refractivity (Wildman–Crippen MR) is 85.8 cm³/mol. The second-order valence-corrected chi connectivity index (χ2v) is 10.5. The van der Waals surface area contributed by atoms with E-state index in [4.69, 9.17) is 0 Å². The number of ketones is 1. The molecule has 9 aliphatic rings. The van der Waals surface area contributed by atoms with Crippen LogP contribution >= 0.6 is 0 Å². The molecule has 2 N–H and O–H groups in total. The van der Waals surface area contributed by atoms with Crippen molar-refractivity contribution in [2.24, 2.45) is 39.9 Å². The topological polar surface area (TPSA) is 60.8 Å². The molecule has 3 heterocycles. The number of aliphatic hydroxyl groups is 2. The van der Waals surface area contributed by atoms with Gasteiger partial charge in [-0.3, -0.25) is 9.69 Å². The Morgan fingerprint density at radius 1 is 1.25 bits per heavy atom. The van der Waals surface area contributed by atoms with Crippen LogP contribution in [0.3, 0.4) is 0 Å². The summed E-state index contributed by atoms with van der Waals surface area (Å²) in [4.78, 5) is 15.5. The lowest BCUT2D eigenvalue weighted by Gasteiger charge is -2.65. The molecule has 4 nitrogen and oxygen atoms in total. The van der Waals surface area contributed by atoms with Crippen molar-refractivity contribution in [2.75, 3.05) is 6.54 Å². The summed E-state index contributed by atoms with van der Waals surface area (Å²) in [6, 6.07) is 0.844. The molecule has 9 fully saturated rings. The first-order chi connectivity index (χ1) is 11.4. The number of aliphatic hydroxyl groups excluding tert-OH is 2. The van der Waals surface area contributed by atoms with Crippen LogP contribution in [0, 0.1) is 39.9 Å². The molecular weight excluding hydrogens is 302 g/mol. The zero-order chi connectivity index (χ0) is 16.4. The van der Waals surface area contributed by atoms with Crippen molar-refractivity contribution in [3.05, 3.63) is 12.2 Å². The maximum absolute atomic E-state index is 12.8. The minimum absolute atomic E-state index is 0.0350. The fourth-order valence-corrected chi connectivity index (χ4v) is 10.3. The van der Waals surface area contributed by atoms with Crippen molar-refractivity contribution >= 4 is 5.78 Å². The normalized spacial score (nSPS) is 73.0. The minimum atomic E-state index is -0.469. The second kappa shape index (κ2) is 3.30. The third-order valence-corrected chi connectivity index (χ3v) is 10.1. The summed E-state index contributed by atoms with van der Waals surface area (Å²) in [6.45, 7) is 7.54. The maximum atomic E-state index is 12.8. The summed E-state index contributed by atoms with van der Waals surface area (Å²) in [6.07, 6.45) is 2.56. The van der Waals surface area contributed by atoms with Crippen molar-refractivity contribution in [3.8, 4) is 0 Å². The number of hydrogen-bond acceptors (Lipinski definition) is 4. The Labute approximate surface area is 141 Å². The monoisotopic (exact) mass is 327 g/mol. The molecule has 0 aromatic carbocycles. The van der Waals surface area contributed by atoms with E-state index in [1.54, 1.807) is 0 Å². The fourth-order valence-electron chi connectivity index (χ4n) is 10.3. The number of piperidine rings is 2. The molecule has 6 aliphatic carbocycles. The molecule has 2 spiro atoms. The van der Waals surface area contributed by atoms with Gasteiger partial charge in [-0.2, -0.15) is 0 Å². The first kappa shape index (κ1) is 13.5. The van der Waals surface area contributed by atoms with Crippen LogP contribution in [0.2, 0.25) is 0 Å². The number of fused-ring (bicyclic) bond motifs is 1. The number of rotatable bonds is 0. The van der Waals surface area contributed by atoms with E-state index in [9.17, 15) is 15.0 Å². The van der Waals surface area contributed by atoms with Crippen LogP contribution in [0.15, 0.2) is 12.2 Å². The van der Waals surface area contributed by atoms with Gasteiger partial charge in [0.2, 0.25) is 0 Å². The highest BCUT2D eigenvalue weighted by Gasteiger charge is 2.90. The van der Waals surface area contributed by atoms with Gasteiger partial charge in [0.05, 0.1) is 12.2 Å². The lowest BCUT2D eigenvalue weighted by atomic mass is 9.40. The van der Waals surface area contributed by atoms with Crippen LogP contribution in [-0.4, -0.2) is 51.7 Å². The Hall–Kier alpha value is -0.710. The Kier molecular flexibility index (Phi) is 1.86. The van der Waals surface area contributed by atoms with E-state index in [0.717, 1.165) is 31.4 Å². The molecular formula is C20H25NO3. The van der Waals surface area contributed by atoms with Crippen LogP contribution in [0.5, 0.6) is 0 Å². The van der Waals surface area contributed by atoms with Crippen LogP contribution in [0.1, 0.15) is 32.6 Å². The van der Waals surface area contributed by atoms with E-state index in [1.807, 2.05) is 0 Å². The van der Waals surface area contributed by atoms with E-state index >= 15 is 0 Å². The first-order valence-electron chi connectivity index (χ1n) is 9.68. The highest BCUT2D eigenvalue weighted by atomic mass is 16.3. The minimum Gasteiger partial charge on any atom is -0.392 e. The van der Waals surface area contributed by atoms with Gasteiger partial charge >= 0.3 is 0 Å². The molecule has 6 saturated carbocycles. The van der Waals surface area contributed by atoms with Crippen LogP contribution < -0.4 is 0 Å². The smallest absolute Gasteiger partial charge is 0.134 e. The number of carbonyl (C=O) groups is 1. The highest BCUT2D eigenvalue weighted by Crippen LogP contribution is 2.86. The summed E-state index contributed by atoms with van der Waals surface area (Å²) in [5.74, 6) is 1.63. The van der Waals surface area contributed by atoms with Gasteiger partial charge < -0.3 is 10.2 Å². The molecule has 0 amide bonds. The molecule has 12 atom stereocenters. The van der Waals surface area contributed by atoms with Crippen LogP contribution in [0.25, 0.3) is 0 Å². The van der Waals surface area contributed by atoms with Gasteiger partial charge in [0.1, 0.15) is 5.78 Å². The summed E-state index contributed by atoms with van der Waals surface area (Å²) >= 11 is 0. The number of hydrogen-bond donors (Lipinski definition) is 2. The number of carbonyl (C=O) groups excluding carboxylic acids is 1. The standard InChI is InChI=1S/C20H25NO3/c1-8-10-3-12-19(17(8)24)6-11-15-18(2)4-9(22)5-20(12,15)16(21(11)7-18)13(19)14(10)23/h10-17,23-24H,1,3-7H2,2H3/t10-,11-,12+,13+,14?,15+,16+,17+,18+,19-,20+/m0/s1. The molecule has 0 aromatic rings. The van der Waals surface area contributed by atoms with Crippen molar-refractivity contribution in [1.82, 2.24) is 4.90 Å². The Morgan fingerprint density at radius 2 is 2.04 bits per heavy atom. The number of nitrogens with zero attached hydrogens (tertiary/aromatic N) is 1. The molecule has 128 valence electrons. The maximum Gasteiger partial charge on any atom is 0.134 e. The lowest BCUT2D eigenvalue weighted by Crippen LogP contribution is -2.68. The van der Waals surface area contributed by atoms with E-state index in [1.165, 1.54) is 0 Å². The van der Waals surface area contributed by atoms with E-state index in [-0.39, 0.29) is 34.2 Å². The van der Waals surface area contributed by atoms with E-state index in [2.05, 4.69) is 18.4 Å². The fraction of sp³-hybridized carbons (Fsp3) is 0.850. The zero-order valence-corrected chi connectivity index (χ0v) is 14.1. The van der Waals surface area contributed by atoms with Gasteiger partial charge in [0.15, 0.2) is 0 Å². The molecule has 0 radical (unpaired) electrons. The zero-order valence-electron chi connectivity index (χ0n) is 14.1. The molecule has 9 rings (SSSR count). The van der Waals surface area contributed by atoms with Gasteiger partial charge in [-0.05, 0) is 35.7 Å². The molecule has 0 aromatic heterocycles. The quantitative estimate of drug-likeness (QED) is 0.651. The average molecular weight is 327 g/mol. The second-order valence-electron chi connectivity index (χ2n) is 10.5. The van der Waals surface area contributed by atoms with Gasteiger partial charge in [0.25, 0.3) is 0 Å². The molecule has 9 bridgehead atoms. The summed E-state index contributed by atoms with van der Waals surface area (Å²) in [7, 11) is 0. The average Bonchev–Trinajstić information content (AvgIpc) is 2.92. The summed E-state index contributed by atoms with van der Waals surface area (Å²) < 4.78 is 0. The lowest BCUT2D eigenvalue weighted by molar-refractivity contribution is -0.201. The predicted octanol–water partition coefficient (Wildman–Crippen LogP) is 0.972. The molecule has 3 aliphatic heterocycles. The SMILES string of the molecule is C=C1[C@@H](O)[C@@]23C[C@H]4[C@@H]5[C@]6(C)CC(=O)C[C@@]57[C@@H]2C[C@@H]1C(O)[C@@H]3[C@H]7N4C6. The van der Waals surface area contributed by atoms with Crippen molar-refractivity contribution in [3.63, 3.8) is 0 Å². The summed E-state index contributed by atoms with van der Waals surface area (Å²) in [5.41, 5.74) is 0.839. The van der Waals surface area contributed by atoms with E-state index < -0.39 is 6.10 Å². The van der Waals surface area contributed by atoms with Crippen molar-refractivity contribution < 1.29 is 15.0 Å². The Bertz CT molecular complexity index is 749. The Balaban J connectivity index is 1.54. The highest BCUT2D eigenvalue weighted by molar-refractivity contribution is 5.82. The largest absolute Gasteiger partial charge is 0.392 e. The molecule has 3 saturated heterocycles. The van der Waals surface area contributed by atoms with Gasteiger partial charge in [-0.25, -0.2) is 0 Å². The van der Waals surface area contributed by atoms with Crippen LogP contribution in [-0.2, 0) is 4.79 Å². The Morgan fingerprint density at radius 3 is 2.83 bits per heavy atom. The number of Topliss-reactive ketones (excluding diaryl/α,β-unsaturated/α-hetero) is 1. The third kappa shape index (κ3) is 0.926. The van der Waals surface area contributed by atoms with Crippen molar-refractivity contribution in [2.45, 2.75) is 56.9 Å². The van der Waals surface area contributed by atoms with Gasteiger partial charge in [-0.15, -0.1) is 0 Å². The van der Waals surface area contributed by atoms with E-state index in [0.29, 0.717) is 36.1 Å². The van der Waals surface area contributed by atoms with Gasteiger partial charge in [-0.1, -0.05) is 13.5 Å². The first-order valence-corrected chi connectivity index (χ1v) is 9.68.